The quantitative estimate of drug-likeness (QED) is 0.882. The number of carbonyl (C=O) groups excluding carboxylic acids is 1. The van der Waals surface area contributed by atoms with E-state index in [2.05, 4.69) is 21.2 Å². The maximum Gasteiger partial charge on any atom is 0.308 e. The molecule has 0 unspecified atom stereocenters. The van der Waals surface area contributed by atoms with Gasteiger partial charge in [0.05, 0.1) is 16.8 Å². The number of amides is 1. The van der Waals surface area contributed by atoms with Gasteiger partial charge in [-0.3, -0.25) is 9.59 Å². The van der Waals surface area contributed by atoms with E-state index in [0.717, 1.165) is 6.42 Å². The SMILES string of the molecule is O=C(Cc1ccc(F)c(Br)c1)N[C@H]1CCC[C@H]1C(=O)O. The summed E-state index contributed by atoms with van der Waals surface area (Å²) in [6.45, 7) is 0. The summed E-state index contributed by atoms with van der Waals surface area (Å²) in [7, 11) is 0. The Kier molecular flexibility index (Phi) is 4.75. The van der Waals surface area contributed by atoms with Gasteiger partial charge in [0, 0.05) is 6.04 Å². The van der Waals surface area contributed by atoms with Crippen molar-refractivity contribution in [1.29, 1.82) is 0 Å². The molecule has 6 heteroatoms. The maximum atomic E-state index is 13.1. The summed E-state index contributed by atoms with van der Waals surface area (Å²) in [4.78, 5) is 23.0. The van der Waals surface area contributed by atoms with Crippen LogP contribution < -0.4 is 5.32 Å². The van der Waals surface area contributed by atoms with Crippen molar-refractivity contribution in [3.05, 3.63) is 34.1 Å². The van der Waals surface area contributed by atoms with Crippen LogP contribution in [0.4, 0.5) is 4.39 Å². The molecule has 2 rings (SSSR count). The number of carboxylic acids is 1. The van der Waals surface area contributed by atoms with Gasteiger partial charge in [-0.1, -0.05) is 12.5 Å². The molecule has 20 heavy (non-hydrogen) atoms. The fourth-order valence-electron chi connectivity index (χ4n) is 2.52. The van der Waals surface area contributed by atoms with E-state index in [1.165, 1.54) is 6.07 Å². The summed E-state index contributed by atoms with van der Waals surface area (Å²) >= 11 is 3.07. The van der Waals surface area contributed by atoms with E-state index >= 15 is 0 Å². The van der Waals surface area contributed by atoms with E-state index in [9.17, 15) is 14.0 Å². The molecule has 1 saturated carbocycles. The number of carbonyl (C=O) groups is 2. The fourth-order valence-corrected chi connectivity index (χ4v) is 2.95. The van der Waals surface area contributed by atoms with Crippen molar-refractivity contribution in [1.82, 2.24) is 5.32 Å². The van der Waals surface area contributed by atoms with Gasteiger partial charge in [0.25, 0.3) is 0 Å². The van der Waals surface area contributed by atoms with Crippen molar-refractivity contribution in [2.45, 2.75) is 31.7 Å². The molecular weight excluding hydrogens is 329 g/mol. The molecule has 0 saturated heterocycles. The van der Waals surface area contributed by atoms with Gasteiger partial charge >= 0.3 is 5.97 Å². The van der Waals surface area contributed by atoms with Crippen molar-refractivity contribution in [3.8, 4) is 0 Å². The molecule has 1 aliphatic rings. The summed E-state index contributed by atoms with van der Waals surface area (Å²) in [5.74, 6) is -1.98. The van der Waals surface area contributed by atoms with Crippen LogP contribution in [-0.4, -0.2) is 23.0 Å². The Balaban J connectivity index is 1.95. The normalized spacial score (nSPS) is 21.7. The van der Waals surface area contributed by atoms with Gasteiger partial charge in [0.15, 0.2) is 0 Å². The van der Waals surface area contributed by atoms with Crippen molar-refractivity contribution in [2.75, 3.05) is 0 Å². The molecule has 0 aromatic heterocycles. The summed E-state index contributed by atoms with van der Waals surface area (Å²) in [5, 5.41) is 11.8. The largest absolute Gasteiger partial charge is 0.481 e. The van der Waals surface area contributed by atoms with Gasteiger partial charge in [-0.25, -0.2) is 4.39 Å². The van der Waals surface area contributed by atoms with Crippen LogP contribution in [0.25, 0.3) is 0 Å². The number of halogens is 2. The highest BCUT2D eigenvalue weighted by Gasteiger charge is 2.33. The lowest BCUT2D eigenvalue weighted by molar-refractivity contribution is -0.142. The average Bonchev–Trinajstić information content (AvgIpc) is 2.82. The topological polar surface area (TPSA) is 66.4 Å². The molecule has 0 radical (unpaired) electrons. The van der Waals surface area contributed by atoms with Gasteiger partial charge in [-0.2, -0.15) is 0 Å². The monoisotopic (exact) mass is 343 g/mol. The number of rotatable bonds is 4. The van der Waals surface area contributed by atoms with Crippen LogP contribution in [0.15, 0.2) is 22.7 Å². The second-order valence-corrected chi connectivity index (χ2v) is 5.83. The fraction of sp³-hybridized carbons (Fsp3) is 0.429. The molecule has 1 amide bonds. The molecule has 108 valence electrons. The molecule has 0 heterocycles. The van der Waals surface area contributed by atoms with E-state index in [4.69, 9.17) is 5.11 Å². The Morgan fingerprint density at radius 1 is 1.40 bits per heavy atom. The summed E-state index contributed by atoms with van der Waals surface area (Å²) in [6.07, 6.45) is 2.21. The lowest BCUT2D eigenvalue weighted by Crippen LogP contribution is -2.40. The van der Waals surface area contributed by atoms with E-state index < -0.39 is 11.9 Å². The van der Waals surface area contributed by atoms with E-state index in [0.29, 0.717) is 22.9 Å². The van der Waals surface area contributed by atoms with Crippen LogP contribution in [-0.2, 0) is 16.0 Å². The van der Waals surface area contributed by atoms with E-state index in [1.807, 2.05) is 0 Å². The summed E-state index contributed by atoms with van der Waals surface area (Å²) in [6, 6.07) is 4.09. The van der Waals surface area contributed by atoms with Crippen molar-refractivity contribution >= 4 is 27.8 Å². The van der Waals surface area contributed by atoms with Crippen molar-refractivity contribution in [3.63, 3.8) is 0 Å². The van der Waals surface area contributed by atoms with Crippen molar-refractivity contribution < 1.29 is 19.1 Å². The number of hydrogen-bond acceptors (Lipinski definition) is 2. The Hall–Kier alpha value is -1.43. The molecule has 1 aliphatic carbocycles. The van der Waals surface area contributed by atoms with Crippen molar-refractivity contribution in [2.24, 2.45) is 5.92 Å². The molecule has 1 aromatic rings. The highest BCUT2D eigenvalue weighted by molar-refractivity contribution is 9.10. The zero-order chi connectivity index (χ0) is 14.7. The Morgan fingerprint density at radius 2 is 2.15 bits per heavy atom. The predicted octanol–water partition coefficient (Wildman–Crippen LogP) is 2.50. The highest BCUT2D eigenvalue weighted by Crippen LogP contribution is 2.26. The molecule has 4 nitrogen and oxygen atoms in total. The van der Waals surface area contributed by atoms with Gasteiger partial charge in [-0.05, 0) is 46.5 Å². The first kappa shape index (κ1) is 15.0. The molecule has 2 atom stereocenters. The first-order valence-electron chi connectivity index (χ1n) is 6.43. The van der Waals surface area contributed by atoms with Gasteiger partial charge in [0.2, 0.25) is 5.91 Å². The zero-order valence-corrected chi connectivity index (χ0v) is 12.3. The second-order valence-electron chi connectivity index (χ2n) is 4.97. The third kappa shape index (κ3) is 3.56. The van der Waals surface area contributed by atoms with Crippen LogP contribution in [0.3, 0.4) is 0 Å². The molecule has 2 N–H and O–H groups in total. The standard InChI is InChI=1S/C14H15BrFNO3/c15-10-6-8(4-5-11(10)16)7-13(18)17-12-3-1-2-9(12)14(19)20/h4-6,9,12H,1-3,7H2,(H,17,18)(H,19,20)/t9-,12+/m1/s1. The average molecular weight is 344 g/mol. The number of carboxylic acid groups (broad SMARTS) is 1. The number of benzene rings is 1. The van der Waals surface area contributed by atoms with E-state index in [1.54, 1.807) is 12.1 Å². The first-order chi connectivity index (χ1) is 9.47. The molecular formula is C14H15BrFNO3. The highest BCUT2D eigenvalue weighted by atomic mass is 79.9. The van der Waals surface area contributed by atoms with Crippen LogP contribution >= 0.6 is 15.9 Å². The number of hydrogen-bond donors (Lipinski definition) is 2. The molecule has 1 aromatic carbocycles. The van der Waals surface area contributed by atoms with Crippen LogP contribution in [0.1, 0.15) is 24.8 Å². The third-order valence-corrected chi connectivity index (χ3v) is 4.14. The lowest BCUT2D eigenvalue weighted by atomic mass is 10.0. The Bertz CT molecular complexity index is 535. The third-order valence-electron chi connectivity index (χ3n) is 3.53. The Morgan fingerprint density at radius 3 is 2.80 bits per heavy atom. The zero-order valence-electron chi connectivity index (χ0n) is 10.7. The van der Waals surface area contributed by atoms with Gasteiger partial charge in [-0.15, -0.1) is 0 Å². The molecule has 0 aliphatic heterocycles. The predicted molar refractivity (Wildman–Crippen MR) is 74.7 cm³/mol. The Labute approximate surface area is 124 Å². The minimum absolute atomic E-state index is 0.113. The maximum absolute atomic E-state index is 13.1. The van der Waals surface area contributed by atoms with E-state index in [-0.39, 0.29) is 24.2 Å². The van der Waals surface area contributed by atoms with Crippen LogP contribution in [0.5, 0.6) is 0 Å². The minimum atomic E-state index is -0.864. The summed E-state index contributed by atoms with van der Waals surface area (Å²) < 4.78 is 13.4. The summed E-state index contributed by atoms with van der Waals surface area (Å²) in [5.41, 5.74) is 0.681. The molecule has 1 fully saturated rings. The minimum Gasteiger partial charge on any atom is -0.481 e. The number of aliphatic carboxylic acids is 1. The first-order valence-corrected chi connectivity index (χ1v) is 7.23. The second kappa shape index (κ2) is 6.35. The smallest absolute Gasteiger partial charge is 0.308 e. The molecule has 0 spiro atoms. The van der Waals surface area contributed by atoms with Crippen LogP contribution in [0.2, 0.25) is 0 Å². The van der Waals surface area contributed by atoms with Gasteiger partial charge in [0.1, 0.15) is 5.82 Å². The number of nitrogens with one attached hydrogen (secondary N) is 1. The van der Waals surface area contributed by atoms with Crippen LogP contribution in [0, 0.1) is 11.7 Å². The molecule has 0 bridgehead atoms. The lowest BCUT2D eigenvalue weighted by Gasteiger charge is -2.17. The van der Waals surface area contributed by atoms with Gasteiger partial charge < -0.3 is 10.4 Å².